The first-order valence-electron chi connectivity index (χ1n) is 6.06. The van der Waals surface area contributed by atoms with Gasteiger partial charge >= 0.3 is 11.9 Å². The van der Waals surface area contributed by atoms with Crippen LogP contribution < -0.4 is 4.74 Å². The molecule has 0 aliphatic carbocycles. The number of hydrogen-bond acceptors (Lipinski definition) is 5. The normalized spacial score (nSPS) is 12.6. The summed E-state index contributed by atoms with van der Waals surface area (Å²) in [5.41, 5.74) is -0.550. The highest BCUT2D eigenvalue weighted by Crippen LogP contribution is 2.13. The van der Waals surface area contributed by atoms with Gasteiger partial charge < -0.3 is 19.7 Å². The van der Waals surface area contributed by atoms with E-state index in [0.717, 1.165) is 0 Å². The Labute approximate surface area is 116 Å². The van der Waals surface area contributed by atoms with Crippen molar-refractivity contribution < 1.29 is 29.3 Å². The van der Waals surface area contributed by atoms with Gasteiger partial charge in [0.2, 0.25) is 0 Å². The highest BCUT2D eigenvalue weighted by atomic mass is 16.6. The largest absolute Gasteiger partial charge is 0.490 e. The molecule has 1 atom stereocenters. The summed E-state index contributed by atoms with van der Waals surface area (Å²) >= 11 is 0. The van der Waals surface area contributed by atoms with Gasteiger partial charge in [0.1, 0.15) is 18.0 Å². The van der Waals surface area contributed by atoms with Crippen LogP contribution in [-0.2, 0) is 9.53 Å². The van der Waals surface area contributed by atoms with E-state index in [1.54, 1.807) is 20.8 Å². The Morgan fingerprint density at radius 2 is 1.75 bits per heavy atom. The van der Waals surface area contributed by atoms with Gasteiger partial charge in [-0.05, 0) is 45.0 Å². The van der Waals surface area contributed by atoms with Crippen LogP contribution in [0.1, 0.15) is 31.1 Å². The van der Waals surface area contributed by atoms with Crippen LogP contribution >= 0.6 is 0 Å². The fourth-order valence-corrected chi connectivity index (χ4v) is 1.31. The summed E-state index contributed by atoms with van der Waals surface area (Å²) in [6.07, 6.45) is -1.40. The third-order valence-corrected chi connectivity index (χ3v) is 2.19. The van der Waals surface area contributed by atoms with Gasteiger partial charge in [0.25, 0.3) is 0 Å². The molecule has 0 radical (unpaired) electrons. The monoisotopic (exact) mass is 282 g/mol. The quantitative estimate of drug-likeness (QED) is 0.794. The third kappa shape index (κ3) is 5.27. The molecule has 0 bridgehead atoms. The molecule has 0 unspecified atom stereocenters. The van der Waals surface area contributed by atoms with Crippen molar-refractivity contribution in [1.82, 2.24) is 0 Å². The Morgan fingerprint density at radius 1 is 1.20 bits per heavy atom. The molecular formula is C14H18O6. The average molecular weight is 282 g/mol. The van der Waals surface area contributed by atoms with Gasteiger partial charge in [-0.15, -0.1) is 0 Å². The van der Waals surface area contributed by atoms with Gasteiger partial charge in [-0.1, -0.05) is 0 Å². The zero-order valence-corrected chi connectivity index (χ0v) is 11.6. The molecule has 0 saturated carbocycles. The molecule has 6 heteroatoms. The molecule has 110 valence electrons. The Balaban J connectivity index is 2.50. The highest BCUT2D eigenvalue weighted by Gasteiger charge is 2.23. The minimum absolute atomic E-state index is 0.130. The van der Waals surface area contributed by atoms with Crippen molar-refractivity contribution in [3.8, 4) is 5.75 Å². The predicted octanol–water partition coefficient (Wildman–Crippen LogP) is 1.47. The zero-order chi connectivity index (χ0) is 15.3. The molecule has 0 heterocycles. The lowest BCUT2D eigenvalue weighted by Gasteiger charge is -2.21. The SMILES string of the molecule is CC(C)(C)OC(=O)[C@H](O)COc1ccc(C(=O)O)cc1. The van der Waals surface area contributed by atoms with Gasteiger partial charge in [0.05, 0.1) is 5.56 Å². The molecule has 1 aromatic carbocycles. The first kappa shape index (κ1) is 16.0. The fourth-order valence-electron chi connectivity index (χ4n) is 1.31. The molecule has 1 aromatic rings. The minimum Gasteiger partial charge on any atom is -0.490 e. The van der Waals surface area contributed by atoms with Gasteiger partial charge in [-0.3, -0.25) is 0 Å². The fraction of sp³-hybridized carbons (Fsp3) is 0.429. The van der Waals surface area contributed by atoms with E-state index < -0.39 is 23.6 Å². The summed E-state index contributed by atoms with van der Waals surface area (Å²) in [4.78, 5) is 22.2. The number of carbonyl (C=O) groups excluding carboxylic acids is 1. The molecule has 1 rings (SSSR count). The number of carbonyl (C=O) groups is 2. The van der Waals surface area contributed by atoms with Crippen molar-refractivity contribution >= 4 is 11.9 Å². The smallest absolute Gasteiger partial charge is 0.339 e. The molecule has 0 amide bonds. The second kappa shape index (κ2) is 6.38. The van der Waals surface area contributed by atoms with Crippen LogP contribution in [0.2, 0.25) is 0 Å². The topological polar surface area (TPSA) is 93.1 Å². The van der Waals surface area contributed by atoms with Crippen molar-refractivity contribution in [2.45, 2.75) is 32.5 Å². The summed E-state index contributed by atoms with van der Waals surface area (Å²) in [5.74, 6) is -1.44. The molecule has 2 N–H and O–H groups in total. The van der Waals surface area contributed by atoms with Crippen molar-refractivity contribution in [2.24, 2.45) is 0 Å². The molecule has 0 aliphatic rings. The van der Waals surface area contributed by atoms with Gasteiger partial charge in [0, 0.05) is 0 Å². The van der Waals surface area contributed by atoms with E-state index in [1.807, 2.05) is 0 Å². The van der Waals surface area contributed by atoms with Crippen LogP contribution in [0.5, 0.6) is 5.75 Å². The molecule has 6 nitrogen and oxygen atoms in total. The zero-order valence-electron chi connectivity index (χ0n) is 11.6. The first-order chi connectivity index (χ1) is 9.19. The third-order valence-electron chi connectivity index (χ3n) is 2.19. The van der Waals surface area contributed by atoms with E-state index >= 15 is 0 Å². The van der Waals surface area contributed by atoms with Crippen molar-refractivity contribution in [3.05, 3.63) is 29.8 Å². The van der Waals surface area contributed by atoms with Crippen LogP contribution in [0.25, 0.3) is 0 Å². The molecule has 0 aliphatic heterocycles. The lowest BCUT2D eigenvalue weighted by Crippen LogP contribution is -2.35. The summed E-state index contributed by atoms with van der Waals surface area (Å²) < 4.78 is 10.2. The van der Waals surface area contributed by atoms with Crippen LogP contribution in [0.15, 0.2) is 24.3 Å². The van der Waals surface area contributed by atoms with Crippen molar-refractivity contribution in [3.63, 3.8) is 0 Å². The van der Waals surface area contributed by atoms with Crippen LogP contribution in [-0.4, -0.2) is 40.5 Å². The van der Waals surface area contributed by atoms with Gasteiger partial charge in [-0.25, -0.2) is 9.59 Å². The van der Waals surface area contributed by atoms with Crippen LogP contribution in [0.3, 0.4) is 0 Å². The van der Waals surface area contributed by atoms with E-state index in [0.29, 0.717) is 5.75 Å². The standard InChI is InChI=1S/C14H18O6/c1-14(2,3)20-13(18)11(15)8-19-10-6-4-9(5-7-10)12(16)17/h4-7,11,15H,8H2,1-3H3,(H,16,17)/t11-/m1/s1. The summed E-state index contributed by atoms with van der Waals surface area (Å²) in [5, 5.41) is 18.3. The summed E-state index contributed by atoms with van der Waals surface area (Å²) in [6.45, 7) is 4.83. The Morgan fingerprint density at radius 3 is 2.20 bits per heavy atom. The number of esters is 1. The van der Waals surface area contributed by atoms with Crippen LogP contribution in [0, 0.1) is 0 Å². The average Bonchev–Trinajstić information content (AvgIpc) is 2.34. The van der Waals surface area contributed by atoms with Crippen molar-refractivity contribution in [1.29, 1.82) is 0 Å². The van der Waals surface area contributed by atoms with E-state index in [1.165, 1.54) is 24.3 Å². The van der Waals surface area contributed by atoms with Crippen molar-refractivity contribution in [2.75, 3.05) is 6.61 Å². The van der Waals surface area contributed by atoms with E-state index in [4.69, 9.17) is 14.6 Å². The van der Waals surface area contributed by atoms with E-state index in [2.05, 4.69) is 0 Å². The van der Waals surface area contributed by atoms with E-state index in [9.17, 15) is 14.7 Å². The molecule has 0 fully saturated rings. The lowest BCUT2D eigenvalue weighted by atomic mass is 10.2. The number of carboxylic acids is 1. The molecule has 0 aromatic heterocycles. The van der Waals surface area contributed by atoms with E-state index in [-0.39, 0.29) is 12.2 Å². The maximum atomic E-state index is 11.5. The Kier molecular flexibility index (Phi) is 5.10. The second-order valence-electron chi connectivity index (χ2n) is 5.19. The van der Waals surface area contributed by atoms with Crippen LogP contribution in [0.4, 0.5) is 0 Å². The van der Waals surface area contributed by atoms with Gasteiger partial charge in [0.15, 0.2) is 6.10 Å². The number of benzene rings is 1. The maximum Gasteiger partial charge on any atom is 0.339 e. The number of aromatic carboxylic acids is 1. The number of ether oxygens (including phenoxy) is 2. The summed E-state index contributed by atoms with van der Waals surface area (Å²) in [6, 6.07) is 5.64. The first-order valence-corrected chi connectivity index (χ1v) is 6.06. The number of rotatable bonds is 5. The number of hydrogen-bond donors (Lipinski definition) is 2. The Hall–Kier alpha value is -2.08. The second-order valence-corrected chi connectivity index (χ2v) is 5.19. The molecule has 20 heavy (non-hydrogen) atoms. The highest BCUT2D eigenvalue weighted by molar-refractivity contribution is 5.87. The Bertz CT molecular complexity index is 471. The minimum atomic E-state index is -1.40. The lowest BCUT2D eigenvalue weighted by molar-refractivity contribution is -0.166. The number of aliphatic hydroxyl groups is 1. The predicted molar refractivity (Wildman–Crippen MR) is 70.7 cm³/mol. The summed E-state index contributed by atoms with van der Waals surface area (Å²) in [7, 11) is 0. The maximum absolute atomic E-state index is 11.5. The molecular weight excluding hydrogens is 264 g/mol. The molecule has 0 saturated heterocycles. The molecule has 0 spiro atoms. The van der Waals surface area contributed by atoms with Gasteiger partial charge in [-0.2, -0.15) is 0 Å². The number of carboxylic acid groups (broad SMARTS) is 1. The number of aliphatic hydroxyl groups excluding tert-OH is 1.